The van der Waals surface area contributed by atoms with E-state index in [1.54, 1.807) is 0 Å². The van der Waals surface area contributed by atoms with Gasteiger partial charge in [0.05, 0.1) is 37.6 Å². The lowest BCUT2D eigenvalue weighted by molar-refractivity contribution is -0.150. The molecular weight excluding hydrogens is 1090 g/mol. The van der Waals surface area contributed by atoms with Crippen LogP contribution in [-0.4, -0.2) is 216 Å². The quantitative estimate of drug-likeness (QED) is 0.0193. The number of ether oxygens (including phenoxy) is 5. The molecule has 5 unspecified atom stereocenters. The summed E-state index contributed by atoms with van der Waals surface area (Å²) in [5, 5.41) is 44.4. The number of rotatable bonds is 53. The van der Waals surface area contributed by atoms with Gasteiger partial charge in [-0.25, -0.2) is 0 Å². The van der Waals surface area contributed by atoms with E-state index in [4.69, 9.17) is 23.7 Å². The highest BCUT2D eigenvalue weighted by Crippen LogP contribution is 2.29. The molecule has 4 N–H and O–H groups in total. The molecule has 0 saturated carbocycles. The first-order chi connectivity index (χ1) is 39.2. The molecule has 0 aromatic heterocycles. The Hall–Kier alpha value is -2.27. The Kier molecular flexibility index (Phi) is 47.2. The van der Waals surface area contributed by atoms with Gasteiger partial charge in [0.1, 0.15) is 18.8 Å². The average molecular weight is 1210 g/mol. The summed E-state index contributed by atoms with van der Waals surface area (Å²) in [4.78, 5) is 70.7. The van der Waals surface area contributed by atoms with Crippen LogP contribution in [0, 0.1) is 11.8 Å². The zero-order chi connectivity index (χ0) is 60.9. The minimum absolute atomic E-state index is 0.0948. The molecule has 0 amide bonds. The number of piperazine rings is 1. The van der Waals surface area contributed by atoms with Crippen molar-refractivity contribution in [2.24, 2.45) is 11.8 Å². The summed E-state index contributed by atoms with van der Waals surface area (Å²) in [6, 6.07) is 0. The van der Waals surface area contributed by atoms with Gasteiger partial charge in [-0.3, -0.25) is 43.6 Å². The van der Waals surface area contributed by atoms with Gasteiger partial charge in [-0.05, 0) is 128 Å². The monoisotopic (exact) mass is 1210 g/mol. The van der Waals surface area contributed by atoms with Crippen LogP contribution in [-0.2, 0) is 47.7 Å². The van der Waals surface area contributed by atoms with Crippen molar-refractivity contribution in [3.05, 3.63) is 0 Å². The van der Waals surface area contributed by atoms with Crippen molar-refractivity contribution in [1.82, 2.24) is 19.6 Å². The molecule has 1 heterocycles. The highest BCUT2D eigenvalue weighted by Gasteiger charge is 2.22. The largest absolute Gasteiger partial charge is 0.466 e. The molecule has 0 aliphatic carbocycles. The molecule has 0 aromatic carbocycles. The standard InChI is InChI=1S/C62H118N4O14S2/c1-10-56(11-2)79-61(74)27-18-23-54(69)45-65(46-55(70)24-19-28-62(75)80-57(12-3)13-4)33-20-29-60(73)78-43-39-63-35-37-64(38-36-63)40-44-81-82-51(9)30-34-66(47-52(67)21-14-16-25-58(71)76-41-31-49(5)6)48-53(68)22-15-17-26-59(72)77-42-32-50(7)8/h49-57,67-70H,10-48H2,1-9H3. The molecule has 1 saturated heterocycles. The number of carbonyl (C=O) groups is 5. The second kappa shape index (κ2) is 49.8. The van der Waals surface area contributed by atoms with Gasteiger partial charge < -0.3 is 44.1 Å². The van der Waals surface area contributed by atoms with Crippen molar-refractivity contribution >= 4 is 51.4 Å². The van der Waals surface area contributed by atoms with Gasteiger partial charge in [0.15, 0.2) is 0 Å². The molecule has 1 rings (SSSR count). The van der Waals surface area contributed by atoms with Crippen LogP contribution in [0.5, 0.6) is 0 Å². The highest BCUT2D eigenvalue weighted by atomic mass is 33.1. The van der Waals surface area contributed by atoms with Gasteiger partial charge in [-0.2, -0.15) is 0 Å². The van der Waals surface area contributed by atoms with Crippen LogP contribution in [0.1, 0.15) is 210 Å². The van der Waals surface area contributed by atoms with E-state index in [2.05, 4.69) is 49.3 Å². The Morgan fingerprint density at radius 2 is 0.805 bits per heavy atom. The fourth-order valence-electron chi connectivity index (χ4n) is 9.48. The maximum absolute atomic E-state index is 12.9. The Morgan fingerprint density at radius 3 is 1.22 bits per heavy atom. The van der Waals surface area contributed by atoms with Gasteiger partial charge in [-0.1, -0.05) is 96.7 Å². The van der Waals surface area contributed by atoms with E-state index in [1.165, 1.54) is 0 Å². The lowest BCUT2D eigenvalue weighted by atomic mass is 10.1. The summed E-state index contributed by atoms with van der Waals surface area (Å²) < 4.78 is 27.3. The lowest BCUT2D eigenvalue weighted by Crippen LogP contribution is -2.47. The molecule has 18 nitrogen and oxygen atoms in total. The number of hydrogen-bond acceptors (Lipinski definition) is 20. The molecule has 20 heteroatoms. The molecule has 0 aromatic rings. The normalized spacial score (nSPS) is 15.4. The highest BCUT2D eigenvalue weighted by molar-refractivity contribution is 8.76. The third kappa shape index (κ3) is 44.2. The Balaban J connectivity index is 2.53. The number of esters is 5. The van der Waals surface area contributed by atoms with E-state index < -0.39 is 24.4 Å². The van der Waals surface area contributed by atoms with Crippen LogP contribution >= 0.6 is 21.6 Å². The molecule has 0 bridgehead atoms. The van der Waals surface area contributed by atoms with Crippen molar-refractivity contribution in [3.63, 3.8) is 0 Å². The average Bonchev–Trinajstić information content (AvgIpc) is 3.44. The maximum Gasteiger partial charge on any atom is 0.306 e. The summed E-state index contributed by atoms with van der Waals surface area (Å²) in [6.45, 7) is 27.7. The molecule has 482 valence electrons. The van der Waals surface area contributed by atoms with E-state index >= 15 is 0 Å². The van der Waals surface area contributed by atoms with Crippen molar-refractivity contribution in [2.75, 3.05) is 104 Å². The van der Waals surface area contributed by atoms with Crippen LogP contribution in [0.15, 0.2) is 0 Å². The Morgan fingerprint density at radius 1 is 0.439 bits per heavy atom. The minimum Gasteiger partial charge on any atom is -0.466 e. The van der Waals surface area contributed by atoms with Crippen molar-refractivity contribution in [3.8, 4) is 0 Å². The van der Waals surface area contributed by atoms with Crippen molar-refractivity contribution < 1.29 is 68.1 Å². The van der Waals surface area contributed by atoms with Gasteiger partial charge in [0.2, 0.25) is 0 Å². The van der Waals surface area contributed by atoms with Crippen LogP contribution in [0.2, 0.25) is 0 Å². The summed E-state index contributed by atoms with van der Waals surface area (Å²) in [5.74, 6) is 0.772. The van der Waals surface area contributed by atoms with Gasteiger partial charge in [0, 0.05) is 109 Å². The Bertz CT molecular complexity index is 1540. The first-order valence-electron chi connectivity index (χ1n) is 32.0. The summed E-state index contributed by atoms with van der Waals surface area (Å²) in [5.41, 5.74) is 0. The summed E-state index contributed by atoms with van der Waals surface area (Å²) >= 11 is 0. The van der Waals surface area contributed by atoms with Crippen molar-refractivity contribution in [1.29, 1.82) is 0 Å². The number of carbonyl (C=O) groups excluding carboxylic acids is 5. The lowest BCUT2D eigenvalue weighted by Gasteiger charge is -2.34. The van der Waals surface area contributed by atoms with Crippen LogP contribution in [0.4, 0.5) is 0 Å². The van der Waals surface area contributed by atoms with Crippen LogP contribution in [0.3, 0.4) is 0 Å². The predicted octanol–water partition coefficient (Wildman–Crippen LogP) is 9.24. The van der Waals surface area contributed by atoms with E-state index in [0.717, 1.165) is 103 Å². The first-order valence-corrected chi connectivity index (χ1v) is 34.4. The molecular formula is C62H118N4O14S2. The zero-order valence-corrected chi connectivity index (χ0v) is 54.4. The number of nitrogens with zero attached hydrogens (tertiary/aromatic N) is 4. The van der Waals surface area contributed by atoms with Gasteiger partial charge in [-0.15, -0.1) is 0 Å². The molecule has 82 heavy (non-hydrogen) atoms. The number of aliphatic hydroxyl groups excluding tert-OH is 4. The minimum atomic E-state index is -0.731. The smallest absolute Gasteiger partial charge is 0.306 e. The SMILES string of the molecule is CCC(CC)OC(=O)CCCC(O)CN(CCCC(=O)OCCN1CCN(CCSSC(C)CCN(CC(O)CCCCC(=O)OCCC(C)C)CC(O)CCCCC(=O)OCCC(C)C)CC1)CC(O)CCCC(=O)OC(CC)CC. The first kappa shape index (κ1) is 77.7. The molecule has 0 radical (unpaired) electrons. The third-order valence-corrected chi connectivity index (χ3v) is 17.9. The predicted molar refractivity (Wildman–Crippen MR) is 330 cm³/mol. The number of unbranched alkanes of at least 4 members (excludes halogenated alkanes) is 2. The van der Waals surface area contributed by atoms with Gasteiger partial charge >= 0.3 is 29.8 Å². The molecule has 1 fully saturated rings. The fraction of sp³-hybridized carbons (Fsp3) is 0.919. The van der Waals surface area contributed by atoms with Crippen molar-refractivity contribution in [2.45, 2.75) is 252 Å². The number of aliphatic hydroxyl groups is 4. The third-order valence-electron chi connectivity index (χ3n) is 14.9. The Labute approximate surface area is 504 Å². The molecule has 5 atom stereocenters. The molecule has 1 aliphatic heterocycles. The second-order valence-corrected chi connectivity index (χ2v) is 26.5. The molecule has 0 spiro atoms. The second-order valence-electron chi connectivity index (χ2n) is 23.6. The zero-order valence-electron chi connectivity index (χ0n) is 52.8. The fourth-order valence-corrected chi connectivity index (χ4v) is 11.8. The topological polar surface area (TPSA) is 225 Å². The van der Waals surface area contributed by atoms with E-state index in [1.807, 2.05) is 54.2 Å². The summed E-state index contributed by atoms with van der Waals surface area (Å²) in [7, 11) is 3.75. The van der Waals surface area contributed by atoms with E-state index in [0.29, 0.717) is 134 Å². The van der Waals surface area contributed by atoms with E-state index in [9.17, 15) is 44.4 Å². The van der Waals surface area contributed by atoms with Crippen LogP contribution < -0.4 is 0 Å². The maximum atomic E-state index is 12.9. The number of hydrogen-bond donors (Lipinski definition) is 4. The van der Waals surface area contributed by atoms with E-state index in [-0.39, 0.29) is 74.4 Å². The van der Waals surface area contributed by atoms with Crippen LogP contribution in [0.25, 0.3) is 0 Å². The summed E-state index contributed by atoms with van der Waals surface area (Å²) in [6.07, 6.45) is 10.4. The molecule has 1 aliphatic rings. The van der Waals surface area contributed by atoms with Gasteiger partial charge in [0.25, 0.3) is 0 Å².